The fourth-order valence-electron chi connectivity index (χ4n) is 4.89. The fourth-order valence-corrected chi connectivity index (χ4v) is 4.89. The molecule has 0 aromatic heterocycles. The Bertz CT molecular complexity index is 1260. The lowest BCUT2D eigenvalue weighted by atomic mass is 9.97. The zero-order valence-electron chi connectivity index (χ0n) is 20.1. The van der Waals surface area contributed by atoms with Crippen LogP contribution in [0.25, 0.3) is 10.8 Å². The van der Waals surface area contributed by atoms with E-state index < -0.39 is 5.54 Å². The van der Waals surface area contributed by atoms with Crippen molar-refractivity contribution in [2.75, 3.05) is 11.9 Å². The second-order valence-electron chi connectivity index (χ2n) is 9.30. The Balaban J connectivity index is 1.53. The number of nitrogens with one attached hydrogen (secondary N) is 2. The van der Waals surface area contributed by atoms with Gasteiger partial charge in [-0.3, -0.25) is 14.4 Å². The van der Waals surface area contributed by atoms with Crippen LogP contribution in [0.1, 0.15) is 61.1 Å². The maximum Gasteiger partial charge on any atom is 0.252 e. The standard InChI is InChI=1S/C28H31N3O3/c1-18-13-14-22(30-27(34)28(4)15-8-16-31(28)20(3)32)17-25(18)26(33)29-19(2)23-12-7-10-21-9-5-6-11-24(21)23/h5-7,9-14,17,19H,8,15-16H2,1-4H3,(H,29,33)(H,30,34)/t19-,28+/m1/s1. The molecule has 1 fully saturated rings. The summed E-state index contributed by atoms with van der Waals surface area (Å²) < 4.78 is 0. The van der Waals surface area contributed by atoms with Gasteiger partial charge in [-0.15, -0.1) is 0 Å². The molecule has 6 nitrogen and oxygen atoms in total. The quantitative estimate of drug-likeness (QED) is 0.567. The van der Waals surface area contributed by atoms with E-state index in [1.807, 2.05) is 44.2 Å². The van der Waals surface area contributed by atoms with Crippen LogP contribution in [-0.4, -0.2) is 34.7 Å². The molecule has 0 spiro atoms. The summed E-state index contributed by atoms with van der Waals surface area (Å²) in [4.78, 5) is 39.9. The average molecular weight is 458 g/mol. The Kier molecular flexibility index (Phi) is 6.42. The Morgan fingerprint density at radius 3 is 2.53 bits per heavy atom. The van der Waals surface area contributed by atoms with Crippen LogP contribution >= 0.6 is 0 Å². The van der Waals surface area contributed by atoms with Crippen LogP contribution in [0.2, 0.25) is 0 Å². The number of carbonyl (C=O) groups is 3. The predicted molar refractivity (Wildman–Crippen MR) is 135 cm³/mol. The van der Waals surface area contributed by atoms with E-state index in [4.69, 9.17) is 0 Å². The molecule has 34 heavy (non-hydrogen) atoms. The number of fused-ring (bicyclic) bond motifs is 1. The number of benzene rings is 3. The van der Waals surface area contributed by atoms with E-state index in [0.717, 1.165) is 28.3 Å². The number of rotatable bonds is 5. The molecule has 176 valence electrons. The van der Waals surface area contributed by atoms with Gasteiger partial charge in [0.15, 0.2) is 0 Å². The highest BCUT2D eigenvalue weighted by molar-refractivity contribution is 6.02. The Labute approximate surface area is 200 Å². The van der Waals surface area contributed by atoms with Crippen molar-refractivity contribution in [1.29, 1.82) is 0 Å². The van der Waals surface area contributed by atoms with E-state index in [-0.39, 0.29) is 23.8 Å². The largest absolute Gasteiger partial charge is 0.345 e. The van der Waals surface area contributed by atoms with Gasteiger partial charge in [-0.1, -0.05) is 48.5 Å². The highest BCUT2D eigenvalue weighted by Crippen LogP contribution is 2.31. The molecule has 1 saturated heterocycles. The molecule has 0 saturated carbocycles. The van der Waals surface area contributed by atoms with Gasteiger partial charge in [0.05, 0.1) is 6.04 Å². The molecule has 2 N–H and O–H groups in total. The molecule has 3 aromatic rings. The third kappa shape index (κ3) is 4.40. The van der Waals surface area contributed by atoms with Crippen molar-refractivity contribution >= 4 is 34.2 Å². The van der Waals surface area contributed by atoms with Crippen molar-refractivity contribution < 1.29 is 14.4 Å². The molecule has 0 unspecified atom stereocenters. The van der Waals surface area contributed by atoms with Crippen molar-refractivity contribution in [3.8, 4) is 0 Å². The summed E-state index contributed by atoms with van der Waals surface area (Å²) in [5.41, 5.74) is 2.02. The van der Waals surface area contributed by atoms with Crippen LogP contribution in [0.3, 0.4) is 0 Å². The van der Waals surface area contributed by atoms with E-state index in [0.29, 0.717) is 24.2 Å². The Morgan fingerprint density at radius 2 is 1.76 bits per heavy atom. The molecule has 2 atom stereocenters. The van der Waals surface area contributed by atoms with Gasteiger partial charge >= 0.3 is 0 Å². The van der Waals surface area contributed by atoms with Crippen LogP contribution in [0.5, 0.6) is 0 Å². The predicted octanol–water partition coefficient (Wildman–Crippen LogP) is 4.98. The average Bonchev–Trinajstić information content (AvgIpc) is 3.23. The van der Waals surface area contributed by atoms with Crippen LogP contribution in [-0.2, 0) is 9.59 Å². The first-order valence-electron chi connectivity index (χ1n) is 11.7. The third-order valence-corrected chi connectivity index (χ3v) is 6.89. The summed E-state index contributed by atoms with van der Waals surface area (Å²) in [6.45, 7) is 7.70. The number of nitrogens with zero attached hydrogens (tertiary/aromatic N) is 1. The van der Waals surface area contributed by atoms with Crippen molar-refractivity contribution in [1.82, 2.24) is 10.2 Å². The number of amides is 3. The van der Waals surface area contributed by atoms with Gasteiger partial charge in [0.1, 0.15) is 5.54 Å². The maximum absolute atomic E-state index is 13.2. The van der Waals surface area contributed by atoms with Crippen molar-refractivity contribution in [3.05, 3.63) is 77.4 Å². The van der Waals surface area contributed by atoms with Gasteiger partial charge < -0.3 is 15.5 Å². The molecule has 3 aromatic carbocycles. The minimum atomic E-state index is -0.887. The van der Waals surface area contributed by atoms with E-state index in [1.165, 1.54) is 6.92 Å². The van der Waals surface area contributed by atoms with Crippen LogP contribution in [0.4, 0.5) is 5.69 Å². The summed E-state index contributed by atoms with van der Waals surface area (Å²) >= 11 is 0. The maximum atomic E-state index is 13.2. The number of likely N-dealkylation sites (tertiary alicyclic amines) is 1. The number of hydrogen-bond acceptors (Lipinski definition) is 3. The smallest absolute Gasteiger partial charge is 0.252 e. The molecule has 0 aliphatic carbocycles. The van der Waals surface area contributed by atoms with Crippen molar-refractivity contribution in [2.24, 2.45) is 0 Å². The van der Waals surface area contributed by atoms with Gasteiger partial charge in [0, 0.05) is 24.7 Å². The number of anilines is 1. The first kappa shape index (κ1) is 23.5. The topological polar surface area (TPSA) is 78.5 Å². The zero-order valence-corrected chi connectivity index (χ0v) is 20.1. The lowest BCUT2D eigenvalue weighted by Crippen LogP contribution is -2.52. The minimum absolute atomic E-state index is 0.110. The molecule has 6 heteroatoms. The third-order valence-electron chi connectivity index (χ3n) is 6.89. The van der Waals surface area contributed by atoms with Crippen molar-refractivity contribution in [2.45, 2.75) is 52.1 Å². The Morgan fingerprint density at radius 1 is 1.03 bits per heavy atom. The van der Waals surface area contributed by atoms with Gasteiger partial charge in [-0.25, -0.2) is 0 Å². The normalized spacial score (nSPS) is 18.5. The lowest BCUT2D eigenvalue weighted by molar-refractivity contribution is -0.140. The van der Waals surface area contributed by atoms with Gasteiger partial charge in [-0.2, -0.15) is 0 Å². The van der Waals surface area contributed by atoms with Gasteiger partial charge in [0.25, 0.3) is 5.91 Å². The van der Waals surface area contributed by atoms with Gasteiger partial charge in [-0.05, 0) is 67.6 Å². The molecule has 1 aliphatic rings. The summed E-state index contributed by atoms with van der Waals surface area (Å²) in [7, 11) is 0. The number of hydrogen-bond donors (Lipinski definition) is 2. The Hall–Kier alpha value is -3.67. The second kappa shape index (κ2) is 9.29. The summed E-state index contributed by atoms with van der Waals surface area (Å²) in [5.74, 6) is -0.549. The van der Waals surface area contributed by atoms with Crippen molar-refractivity contribution in [3.63, 3.8) is 0 Å². The highest BCUT2D eigenvalue weighted by Gasteiger charge is 2.44. The lowest BCUT2D eigenvalue weighted by Gasteiger charge is -2.33. The van der Waals surface area contributed by atoms with E-state index in [2.05, 4.69) is 28.8 Å². The van der Waals surface area contributed by atoms with Crippen LogP contribution in [0.15, 0.2) is 60.7 Å². The fraction of sp³-hybridized carbons (Fsp3) is 0.321. The number of aryl methyl sites for hydroxylation is 1. The molecule has 1 heterocycles. The van der Waals surface area contributed by atoms with E-state index >= 15 is 0 Å². The molecule has 4 rings (SSSR count). The zero-order chi connectivity index (χ0) is 24.5. The SMILES string of the molecule is CC(=O)N1CCC[C@@]1(C)C(=O)Nc1ccc(C)c(C(=O)N[C@H](C)c2cccc3ccccc23)c1. The van der Waals surface area contributed by atoms with E-state index in [9.17, 15) is 14.4 Å². The molecular weight excluding hydrogens is 426 g/mol. The monoisotopic (exact) mass is 457 g/mol. The molecule has 0 bridgehead atoms. The second-order valence-corrected chi connectivity index (χ2v) is 9.30. The first-order chi connectivity index (χ1) is 16.2. The summed E-state index contributed by atoms with van der Waals surface area (Å²) in [5, 5.41) is 8.27. The molecule has 3 amide bonds. The molecule has 0 radical (unpaired) electrons. The molecule has 1 aliphatic heterocycles. The first-order valence-corrected chi connectivity index (χ1v) is 11.7. The van der Waals surface area contributed by atoms with Crippen LogP contribution < -0.4 is 10.6 Å². The summed E-state index contributed by atoms with van der Waals surface area (Å²) in [6, 6.07) is 19.3. The van der Waals surface area contributed by atoms with Gasteiger partial charge in [0.2, 0.25) is 11.8 Å². The van der Waals surface area contributed by atoms with E-state index in [1.54, 1.807) is 24.0 Å². The molecular formula is C28H31N3O3. The number of carbonyl (C=O) groups excluding carboxylic acids is 3. The highest BCUT2D eigenvalue weighted by atomic mass is 16.2. The summed E-state index contributed by atoms with van der Waals surface area (Å²) in [6.07, 6.45) is 1.40. The minimum Gasteiger partial charge on any atom is -0.345 e. The van der Waals surface area contributed by atoms with Crippen LogP contribution in [0, 0.1) is 6.92 Å².